The predicted octanol–water partition coefficient (Wildman–Crippen LogP) is 2.06. The third-order valence-corrected chi connectivity index (χ3v) is 5.81. The second-order valence-electron chi connectivity index (χ2n) is 9.19. The molecule has 0 radical (unpaired) electrons. The second kappa shape index (κ2) is 14.3. The average Bonchev–Trinajstić information content (AvgIpc) is 2.71. The first-order valence-electron chi connectivity index (χ1n) is 11.5. The SMILES string of the molecule is CC(=O)OC[C@@H]1O[C@H](SCCCN(C)C(=O)OC(C)(C)C)[C@H](OC(C)=O)[C@@H](OC(C)=O)[C@@H]1OC(C)=O. The minimum Gasteiger partial charge on any atom is -0.463 e. The van der Waals surface area contributed by atoms with Crippen molar-refractivity contribution in [2.24, 2.45) is 0 Å². The highest BCUT2D eigenvalue weighted by Crippen LogP contribution is 2.34. The van der Waals surface area contributed by atoms with Crippen LogP contribution in [0.3, 0.4) is 0 Å². The maximum absolute atomic E-state index is 12.2. The maximum Gasteiger partial charge on any atom is 0.410 e. The summed E-state index contributed by atoms with van der Waals surface area (Å²) in [6.07, 6.45) is -4.42. The fourth-order valence-electron chi connectivity index (χ4n) is 3.26. The number of nitrogens with zero attached hydrogens (tertiary/aromatic N) is 1. The molecule has 1 aliphatic heterocycles. The van der Waals surface area contributed by atoms with E-state index in [0.717, 1.165) is 6.92 Å². The van der Waals surface area contributed by atoms with Gasteiger partial charge < -0.3 is 33.3 Å². The molecule has 1 heterocycles. The number of rotatable bonds is 10. The zero-order chi connectivity index (χ0) is 27.6. The Bertz CT molecular complexity index is 797. The van der Waals surface area contributed by atoms with Crippen LogP contribution in [0.25, 0.3) is 0 Å². The van der Waals surface area contributed by atoms with E-state index >= 15 is 0 Å². The summed E-state index contributed by atoms with van der Waals surface area (Å²) in [6, 6.07) is 0. The Labute approximate surface area is 215 Å². The summed E-state index contributed by atoms with van der Waals surface area (Å²) in [6.45, 7) is 10.2. The molecule has 0 spiro atoms. The van der Waals surface area contributed by atoms with Crippen LogP contribution in [0.2, 0.25) is 0 Å². The van der Waals surface area contributed by atoms with Gasteiger partial charge in [0.25, 0.3) is 0 Å². The molecule has 5 atom stereocenters. The third kappa shape index (κ3) is 11.5. The van der Waals surface area contributed by atoms with Crippen molar-refractivity contribution >= 4 is 41.7 Å². The lowest BCUT2D eigenvalue weighted by molar-refractivity contribution is -0.237. The summed E-state index contributed by atoms with van der Waals surface area (Å²) in [7, 11) is 1.62. The Kier molecular flexibility index (Phi) is 12.5. The van der Waals surface area contributed by atoms with Crippen molar-refractivity contribution in [2.75, 3.05) is 26.0 Å². The lowest BCUT2D eigenvalue weighted by Crippen LogP contribution is -2.61. The molecule has 36 heavy (non-hydrogen) atoms. The summed E-state index contributed by atoms with van der Waals surface area (Å²) in [5, 5.41) is 0. The number of hydrogen-bond donors (Lipinski definition) is 0. The molecule has 1 fully saturated rings. The van der Waals surface area contributed by atoms with E-state index in [1.807, 2.05) is 0 Å². The molecular formula is C23H37NO11S. The number of amides is 1. The van der Waals surface area contributed by atoms with Gasteiger partial charge in [0.05, 0.1) is 0 Å². The number of carbonyl (C=O) groups excluding carboxylic acids is 5. The van der Waals surface area contributed by atoms with Gasteiger partial charge in [-0.05, 0) is 32.9 Å². The highest BCUT2D eigenvalue weighted by molar-refractivity contribution is 7.99. The summed E-state index contributed by atoms with van der Waals surface area (Å²) in [5.74, 6) is -2.16. The first-order valence-corrected chi connectivity index (χ1v) is 12.5. The van der Waals surface area contributed by atoms with E-state index < -0.39 is 65.4 Å². The van der Waals surface area contributed by atoms with E-state index in [-0.39, 0.29) is 6.61 Å². The van der Waals surface area contributed by atoms with Crippen molar-refractivity contribution in [1.82, 2.24) is 4.90 Å². The molecule has 13 heteroatoms. The molecule has 0 aromatic rings. The molecule has 1 rings (SSSR count). The number of esters is 4. The molecule has 12 nitrogen and oxygen atoms in total. The predicted molar refractivity (Wildman–Crippen MR) is 128 cm³/mol. The van der Waals surface area contributed by atoms with Gasteiger partial charge in [0, 0.05) is 41.3 Å². The number of carbonyl (C=O) groups is 5. The molecule has 0 unspecified atom stereocenters. The fourth-order valence-corrected chi connectivity index (χ4v) is 4.40. The molecule has 206 valence electrons. The van der Waals surface area contributed by atoms with Crippen LogP contribution in [0.1, 0.15) is 54.9 Å². The van der Waals surface area contributed by atoms with Crippen LogP contribution >= 0.6 is 11.8 Å². The third-order valence-electron chi connectivity index (χ3n) is 4.57. The van der Waals surface area contributed by atoms with E-state index in [1.165, 1.54) is 37.4 Å². The molecule has 0 saturated carbocycles. The van der Waals surface area contributed by atoms with E-state index in [9.17, 15) is 24.0 Å². The fraction of sp³-hybridized carbons (Fsp3) is 0.783. The van der Waals surface area contributed by atoms with Crippen molar-refractivity contribution < 1.29 is 52.4 Å². The first kappa shape index (κ1) is 31.5. The van der Waals surface area contributed by atoms with Gasteiger partial charge in [0.2, 0.25) is 0 Å². The molecule has 0 N–H and O–H groups in total. The average molecular weight is 536 g/mol. The van der Waals surface area contributed by atoms with Crippen LogP contribution in [0, 0.1) is 0 Å². The van der Waals surface area contributed by atoms with E-state index in [2.05, 4.69) is 0 Å². The van der Waals surface area contributed by atoms with Crippen molar-refractivity contribution in [3.05, 3.63) is 0 Å². The van der Waals surface area contributed by atoms with Gasteiger partial charge in [0.15, 0.2) is 18.3 Å². The van der Waals surface area contributed by atoms with Gasteiger partial charge in [-0.3, -0.25) is 19.2 Å². The van der Waals surface area contributed by atoms with E-state index in [0.29, 0.717) is 18.7 Å². The lowest BCUT2D eigenvalue weighted by Gasteiger charge is -2.44. The standard InChI is InChI=1S/C23H37NO11S/c1-13(25)30-12-17-18(31-14(2)26)19(32-15(3)27)20(33-16(4)28)21(34-17)36-11-9-10-24(8)22(29)35-23(5,6)7/h17-21H,9-12H2,1-8H3/t17-,18+,19-,20+,21+/m0/s1. The van der Waals surface area contributed by atoms with E-state index in [1.54, 1.807) is 27.8 Å². The molecule has 0 aromatic carbocycles. The number of ether oxygens (including phenoxy) is 6. The van der Waals surface area contributed by atoms with Gasteiger partial charge in [-0.2, -0.15) is 0 Å². The molecule has 1 aliphatic rings. The number of hydrogen-bond acceptors (Lipinski definition) is 12. The van der Waals surface area contributed by atoms with Crippen molar-refractivity contribution in [2.45, 2.75) is 90.3 Å². The first-order chi connectivity index (χ1) is 16.6. The lowest BCUT2D eigenvalue weighted by atomic mass is 9.99. The normalized spacial score (nSPS) is 23.7. The Morgan fingerprint density at radius 1 is 0.833 bits per heavy atom. The quantitative estimate of drug-likeness (QED) is 0.229. The second-order valence-corrected chi connectivity index (χ2v) is 10.4. The minimum atomic E-state index is -1.20. The monoisotopic (exact) mass is 535 g/mol. The number of thioether (sulfide) groups is 1. The van der Waals surface area contributed by atoms with Crippen LogP contribution in [0.15, 0.2) is 0 Å². The molecule has 1 amide bonds. The Morgan fingerprint density at radius 2 is 1.36 bits per heavy atom. The topological polar surface area (TPSA) is 144 Å². The Balaban J connectivity index is 3.03. The summed E-state index contributed by atoms with van der Waals surface area (Å²) in [4.78, 5) is 60.5. The zero-order valence-corrected chi connectivity index (χ0v) is 22.9. The maximum atomic E-state index is 12.2. The van der Waals surface area contributed by atoms with Gasteiger partial charge in [-0.15, -0.1) is 11.8 Å². The van der Waals surface area contributed by atoms with Crippen LogP contribution in [-0.2, 0) is 47.6 Å². The molecule has 0 aromatic heterocycles. The van der Waals surface area contributed by atoms with Crippen LogP contribution in [0.5, 0.6) is 0 Å². The van der Waals surface area contributed by atoms with Crippen molar-refractivity contribution in [3.8, 4) is 0 Å². The molecule has 0 bridgehead atoms. The van der Waals surface area contributed by atoms with Crippen molar-refractivity contribution in [3.63, 3.8) is 0 Å². The van der Waals surface area contributed by atoms with Crippen LogP contribution in [0.4, 0.5) is 4.79 Å². The molecule has 0 aliphatic carbocycles. The molecule has 1 saturated heterocycles. The van der Waals surface area contributed by atoms with E-state index in [4.69, 9.17) is 28.4 Å². The van der Waals surface area contributed by atoms with Gasteiger partial charge in [-0.1, -0.05) is 0 Å². The highest BCUT2D eigenvalue weighted by Gasteiger charge is 2.52. The van der Waals surface area contributed by atoms with Gasteiger partial charge >= 0.3 is 30.0 Å². The Hall–Kier alpha value is -2.54. The van der Waals surface area contributed by atoms with Crippen molar-refractivity contribution in [1.29, 1.82) is 0 Å². The smallest absolute Gasteiger partial charge is 0.410 e. The zero-order valence-electron chi connectivity index (χ0n) is 22.1. The molecular weight excluding hydrogens is 498 g/mol. The summed E-state index contributed by atoms with van der Waals surface area (Å²) >= 11 is 1.25. The van der Waals surface area contributed by atoms with Crippen LogP contribution in [-0.4, -0.2) is 96.3 Å². The minimum absolute atomic E-state index is 0.281. The van der Waals surface area contributed by atoms with Crippen LogP contribution < -0.4 is 0 Å². The highest BCUT2D eigenvalue weighted by atomic mass is 32.2. The Morgan fingerprint density at radius 3 is 1.86 bits per heavy atom. The summed E-state index contributed by atoms with van der Waals surface area (Å²) < 4.78 is 32.6. The van der Waals surface area contributed by atoms with Gasteiger partial charge in [-0.25, -0.2) is 4.79 Å². The summed E-state index contributed by atoms with van der Waals surface area (Å²) in [5.41, 5.74) is -1.47. The largest absolute Gasteiger partial charge is 0.463 e. The van der Waals surface area contributed by atoms with Gasteiger partial charge in [0.1, 0.15) is 23.7 Å².